The Morgan fingerprint density at radius 1 is 1.17 bits per heavy atom. The minimum absolute atomic E-state index is 0.303. The van der Waals surface area contributed by atoms with Gasteiger partial charge in [-0.2, -0.15) is 0 Å². The van der Waals surface area contributed by atoms with Crippen LogP contribution in [0.5, 0.6) is 11.5 Å². The normalized spacial score (nSPS) is 13.1. The molecule has 0 aliphatic carbocycles. The minimum Gasteiger partial charge on any atom is -0.453 e. The van der Waals surface area contributed by atoms with Gasteiger partial charge in [-0.3, -0.25) is 4.99 Å². The molecule has 0 atom stereocenters. The SMILES string of the molecule is CC=[N+](O)c1ccc(Oc2ccc(C(C=CN)=NCOCC[Si](C)(C)C)cc2)cn1. The van der Waals surface area contributed by atoms with E-state index in [0.29, 0.717) is 24.0 Å². The summed E-state index contributed by atoms with van der Waals surface area (Å²) in [6.07, 6.45) is 6.29. The van der Waals surface area contributed by atoms with Crippen molar-refractivity contribution in [3.63, 3.8) is 0 Å². The molecule has 0 aliphatic rings. The van der Waals surface area contributed by atoms with Crippen LogP contribution in [0.15, 0.2) is 59.9 Å². The molecule has 30 heavy (non-hydrogen) atoms. The summed E-state index contributed by atoms with van der Waals surface area (Å²) in [5.74, 6) is 1.66. The van der Waals surface area contributed by atoms with E-state index in [0.717, 1.165) is 28.7 Å². The van der Waals surface area contributed by atoms with E-state index < -0.39 is 8.07 Å². The molecule has 0 unspecified atom stereocenters. The van der Waals surface area contributed by atoms with Crippen molar-refractivity contribution >= 4 is 25.8 Å². The van der Waals surface area contributed by atoms with Gasteiger partial charge in [-0.1, -0.05) is 24.4 Å². The van der Waals surface area contributed by atoms with Gasteiger partial charge in [-0.15, -0.1) is 0 Å². The Bertz CT molecular complexity index is 886. The first kappa shape index (κ1) is 23.3. The van der Waals surface area contributed by atoms with Crippen molar-refractivity contribution in [1.29, 1.82) is 0 Å². The number of nitrogens with two attached hydrogens (primary N) is 1. The molecule has 7 nitrogen and oxygen atoms in total. The molecular weight excluding hydrogens is 396 g/mol. The van der Waals surface area contributed by atoms with Crippen LogP contribution in [0.2, 0.25) is 25.7 Å². The molecule has 0 saturated heterocycles. The van der Waals surface area contributed by atoms with Gasteiger partial charge in [0, 0.05) is 26.3 Å². The van der Waals surface area contributed by atoms with Gasteiger partial charge >= 0.3 is 5.82 Å². The van der Waals surface area contributed by atoms with Crippen molar-refractivity contribution in [3.05, 3.63) is 60.4 Å². The van der Waals surface area contributed by atoms with Gasteiger partial charge in [0.25, 0.3) is 0 Å². The summed E-state index contributed by atoms with van der Waals surface area (Å²) >= 11 is 0. The number of aliphatic imine (C=N–C) groups is 1. The highest BCUT2D eigenvalue weighted by Crippen LogP contribution is 2.22. The molecule has 0 bridgehead atoms. The summed E-state index contributed by atoms with van der Waals surface area (Å²) < 4.78 is 12.4. The quantitative estimate of drug-likeness (QED) is 0.145. The van der Waals surface area contributed by atoms with Crippen LogP contribution in [0.25, 0.3) is 0 Å². The topological polar surface area (TPSA) is 93.0 Å². The molecule has 1 heterocycles. The third-order valence-electron chi connectivity index (χ3n) is 4.16. The first-order valence-electron chi connectivity index (χ1n) is 9.85. The van der Waals surface area contributed by atoms with Gasteiger partial charge < -0.3 is 20.4 Å². The van der Waals surface area contributed by atoms with Crippen molar-refractivity contribution in [2.75, 3.05) is 13.3 Å². The second kappa shape index (κ2) is 11.3. The van der Waals surface area contributed by atoms with Gasteiger partial charge in [0.1, 0.15) is 18.7 Å². The average Bonchev–Trinajstić information content (AvgIpc) is 2.72. The number of nitrogens with zero attached hydrogens (tertiary/aromatic N) is 3. The van der Waals surface area contributed by atoms with Crippen LogP contribution in [-0.2, 0) is 4.74 Å². The van der Waals surface area contributed by atoms with E-state index in [2.05, 4.69) is 29.6 Å². The highest BCUT2D eigenvalue weighted by molar-refractivity contribution is 6.76. The van der Waals surface area contributed by atoms with E-state index in [1.165, 1.54) is 12.4 Å². The number of benzene rings is 1. The molecule has 0 fully saturated rings. The Morgan fingerprint density at radius 3 is 2.43 bits per heavy atom. The minimum atomic E-state index is -1.11. The maximum Gasteiger partial charge on any atom is 0.361 e. The Kier molecular flexibility index (Phi) is 8.76. The first-order chi connectivity index (χ1) is 14.3. The fourth-order valence-corrected chi connectivity index (χ4v) is 3.18. The molecule has 3 N–H and O–H groups in total. The molecule has 0 aliphatic heterocycles. The van der Waals surface area contributed by atoms with Crippen molar-refractivity contribution < 1.29 is 19.4 Å². The Balaban J connectivity index is 2.00. The molecule has 160 valence electrons. The molecule has 0 saturated carbocycles. The first-order valence-corrected chi connectivity index (χ1v) is 13.6. The maximum atomic E-state index is 9.60. The summed E-state index contributed by atoms with van der Waals surface area (Å²) in [5, 5.41) is 9.60. The average molecular weight is 428 g/mol. The van der Waals surface area contributed by atoms with Gasteiger partial charge in [0.05, 0.1) is 5.71 Å². The Labute approximate surface area is 179 Å². The van der Waals surface area contributed by atoms with Crippen LogP contribution in [0, 0.1) is 0 Å². The van der Waals surface area contributed by atoms with Gasteiger partial charge in [-0.05, 0) is 60.6 Å². The highest BCUT2D eigenvalue weighted by atomic mass is 28.3. The molecule has 0 spiro atoms. The van der Waals surface area contributed by atoms with E-state index in [-0.39, 0.29) is 0 Å². The molecule has 0 radical (unpaired) electrons. The molecule has 2 aromatic rings. The van der Waals surface area contributed by atoms with Crippen molar-refractivity contribution in [1.82, 2.24) is 4.98 Å². The standard InChI is InChI=1S/C22H31N4O3Si/c1-5-26(27)22-11-10-20(16-24-22)29-19-8-6-18(7-9-19)21(12-13-23)25-17-28-14-15-30(2,3)4/h5-13,16,27H,14-15,17,23H2,1-4H3/q+1. The van der Waals surface area contributed by atoms with Crippen LogP contribution in [0.4, 0.5) is 5.82 Å². The zero-order valence-corrected chi connectivity index (χ0v) is 19.1. The molecule has 1 aromatic heterocycles. The van der Waals surface area contributed by atoms with Crippen LogP contribution >= 0.6 is 0 Å². The van der Waals surface area contributed by atoms with E-state index in [4.69, 9.17) is 15.2 Å². The number of pyridine rings is 1. The van der Waals surface area contributed by atoms with Gasteiger partial charge in [0.2, 0.25) is 0 Å². The lowest BCUT2D eigenvalue weighted by atomic mass is 10.1. The van der Waals surface area contributed by atoms with Crippen molar-refractivity contribution in [2.24, 2.45) is 10.7 Å². The number of hydrogen-bond acceptors (Lipinski definition) is 6. The highest BCUT2D eigenvalue weighted by Gasteiger charge is 2.12. The predicted molar refractivity (Wildman–Crippen MR) is 123 cm³/mol. The summed E-state index contributed by atoms with van der Waals surface area (Å²) in [6.45, 7) is 9.70. The second-order valence-corrected chi connectivity index (χ2v) is 13.5. The molecule has 1 aromatic carbocycles. The van der Waals surface area contributed by atoms with Gasteiger partial charge in [-0.25, -0.2) is 0 Å². The number of aromatic nitrogens is 1. The summed E-state index contributed by atoms with van der Waals surface area (Å²) in [4.78, 5) is 8.66. The Morgan fingerprint density at radius 2 is 1.87 bits per heavy atom. The number of rotatable bonds is 10. The van der Waals surface area contributed by atoms with Crippen LogP contribution in [-0.4, -0.2) is 48.3 Å². The number of ether oxygens (including phenoxy) is 2. The third-order valence-corrected chi connectivity index (χ3v) is 5.87. The zero-order chi connectivity index (χ0) is 22.0. The van der Waals surface area contributed by atoms with Crippen molar-refractivity contribution in [3.8, 4) is 11.5 Å². The fourth-order valence-electron chi connectivity index (χ4n) is 2.42. The second-order valence-electron chi connectivity index (χ2n) is 7.83. The molecule has 0 amide bonds. The smallest absolute Gasteiger partial charge is 0.361 e. The lowest BCUT2D eigenvalue weighted by Crippen LogP contribution is -2.21. The number of hydrogen-bond donors (Lipinski definition) is 2. The number of allylic oxidation sites excluding steroid dienone is 1. The molecule has 8 heteroatoms. The van der Waals surface area contributed by atoms with E-state index in [1.807, 2.05) is 24.3 Å². The van der Waals surface area contributed by atoms with Crippen LogP contribution in [0.1, 0.15) is 12.5 Å². The Hall–Kier alpha value is -2.97. The van der Waals surface area contributed by atoms with E-state index in [9.17, 15) is 5.21 Å². The summed E-state index contributed by atoms with van der Waals surface area (Å²) in [6, 6.07) is 12.1. The summed E-state index contributed by atoms with van der Waals surface area (Å²) in [5.41, 5.74) is 7.25. The largest absolute Gasteiger partial charge is 0.453 e. The van der Waals surface area contributed by atoms with E-state index in [1.54, 1.807) is 31.3 Å². The van der Waals surface area contributed by atoms with Crippen LogP contribution < -0.4 is 10.5 Å². The maximum absolute atomic E-state index is 9.60. The molecule has 2 rings (SSSR count). The molecular formula is C22H31N4O3Si+. The summed E-state index contributed by atoms with van der Waals surface area (Å²) in [7, 11) is -1.11. The lowest BCUT2D eigenvalue weighted by Gasteiger charge is -2.14. The van der Waals surface area contributed by atoms with Crippen LogP contribution in [0.3, 0.4) is 0 Å². The third kappa shape index (κ3) is 7.80. The lowest BCUT2D eigenvalue weighted by molar-refractivity contribution is -0.712. The monoisotopic (exact) mass is 427 g/mol. The van der Waals surface area contributed by atoms with E-state index >= 15 is 0 Å². The zero-order valence-electron chi connectivity index (χ0n) is 18.1. The fraction of sp³-hybridized carbons (Fsp3) is 0.318. The van der Waals surface area contributed by atoms with Gasteiger partial charge in [0.15, 0.2) is 11.9 Å². The predicted octanol–water partition coefficient (Wildman–Crippen LogP) is 4.57. The van der Waals surface area contributed by atoms with Crippen molar-refractivity contribution in [2.45, 2.75) is 32.6 Å².